The number of carbonyl (C=O) groups is 4. The van der Waals surface area contributed by atoms with Crippen LogP contribution in [-0.2, 0) is 33.4 Å². The zero-order valence-corrected chi connectivity index (χ0v) is 12.8. The number of carbonyl (C=O) groups excluding carboxylic acids is 3. The average molecular weight is 319 g/mol. The van der Waals surface area contributed by atoms with Crippen LogP contribution in [0.4, 0.5) is 0 Å². The van der Waals surface area contributed by atoms with Gasteiger partial charge in [-0.2, -0.15) is 0 Å². The highest BCUT2D eigenvalue weighted by Gasteiger charge is 2.38. The molecule has 0 bridgehead atoms. The van der Waals surface area contributed by atoms with Crippen molar-refractivity contribution in [2.45, 2.75) is 26.3 Å². The minimum Gasteiger partial charge on any atom is -0.480 e. The third-order valence-electron chi connectivity index (χ3n) is 2.54. The van der Waals surface area contributed by atoms with Gasteiger partial charge < -0.3 is 24.6 Å². The maximum atomic E-state index is 11.9. The van der Waals surface area contributed by atoms with E-state index in [1.807, 2.05) is 0 Å². The van der Waals surface area contributed by atoms with Crippen LogP contribution in [0.15, 0.2) is 0 Å². The first kappa shape index (κ1) is 19.8. The second-order valence-electron chi connectivity index (χ2n) is 4.18. The molecular weight excluding hydrogens is 298 g/mol. The molecule has 22 heavy (non-hydrogen) atoms. The van der Waals surface area contributed by atoms with Gasteiger partial charge in [-0.05, 0) is 13.8 Å². The van der Waals surface area contributed by atoms with E-state index in [0.717, 1.165) is 0 Å². The van der Waals surface area contributed by atoms with Gasteiger partial charge in [-0.25, -0.2) is 4.79 Å². The Bertz CT molecular complexity index is 409. The van der Waals surface area contributed by atoms with Crippen LogP contribution in [0.1, 0.15) is 20.3 Å². The van der Waals surface area contributed by atoms with E-state index >= 15 is 0 Å². The van der Waals surface area contributed by atoms with Crippen molar-refractivity contribution in [1.82, 2.24) is 5.32 Å². The van der Waals surface area contributed by atoms with Crippen LogP contribution in [0.2, 0.25) is 0 Å². The van der Waals surface area contributed by atoms with Crippen LogP contribution in [-0.4, -0.2) is 61.9 Å². The molecular formula is C13H21NO8. The Morgan fingerprint density at radius 2 is 1.68 bits per heavy atom. The SMILES string of the molecule is CCOC(=O)C[C@@H](C(=O)OCC)[C@@H](NC(=O)COC)C(=O)O. The summed E-state index contributed by atoms with van der Waals surface area (Å²) >= 11 is 0. The molecule has 0 fully saturated rings. The van der Waals surface area contributed by atoms with Gasteiger partial charge >= 0.3 is 17.9 Å². The molecule has 1 amide bonds. The van der Waals surface area contributed by atoms with Crippen molar-refractivity contribution in [2.75, 3.05) is 26.9 Å². The molecule has 0 aliphatic carbocycles. The van der Waals surface area contributed by atoms with E-state index in [0.29, 0.717) is 0 Å². The van der Waals surface area contributed by atoms with Crippen LogP contribution in [0.3, 0.4) is 0 Å². The van der Waals surface area contributed by atoms with Crippen LogP contribution in [0.5, 0.6) is 0 Å². The predicted molar refractivity (Wildman–Crippen MR) is 72.8 cm³/mol. The minimum atomic E-state index is -1.62. The van der Waals surface area contributed by atoms with Crippen molar-refractivity contribution >= 4 is 23.8 Å². The summed E-state index contributed by atoms with van der Waals surface area (Å²) in [6, 6.07) is -1.62. The summed E-state index contributed by atoms with van der Waals surface area (Å²) in [5.41, 5.74) is 0. The molecule has 2 N–H and O–H groups in total. The van der Waals surface area contributed by atoms with Crippen LogP contribution in [0, 0.1) is 5.92 Å². The van der Waals surface area contributed by atoms with Crippen LogP contribution in [0.25, 0.3) is 0 Å². The van der Waals surface area contributed by atoms with E-state index in [1.165, 1.54) is 7.11 Å². The highest BCUT2D eigenvalue weighted by molar-refractivity contribution is 5.90. The van der Waals surface area contributed by atoms with E-state index < -0.39 is 42.2 Å². The molecule has 0 spiro atoms. The number of amides is 1. The zero-order chi connectivity index (χ0) is 17.1. The van der Waals surface area contributed by atoms with Crippen LogP contribution >= 0.6 is 0 Å². The van der Waals surface area contributed by atoms with Crippen molar-refractivity contribution in [2.24, 2.45) is 5.92 Å². The van der Waals surface area contributed by atoms with E-state index in [-0.39, 0.29) is 19.8 Å². The smallest absolute Gasteiger partial charge is 0.327 e. The molecule has 0 radical (unpaired) electrons. The molecule has 0 unspecified atom stereocenters. The van der Waals surface area contributed by atoms with Gasteiger partial charge in [0.05, 0.1) is 25.6 Å². The zero-order valence-electron chi connectivity index (χ0n) is 12.8. The molecule has 126 valence electrons. The third-order valence-corrected chi connectivity index (χ3v) is 2.54. The number of methoxy groups -OCH3 is 1. The number of hydrogen-bond donors (Lipinski definition) is 2. The van der Waals surface area contributed by atoms with Crippen molar-refractivity contribution < 1.29 is 38.5 Å². The second kappa shape index (κ2) is 10.6. The summed E-state index contributed by atoms with van der Waals surface area (Å²) in [6.45, 7) is 2.84. The summed E-state index contributed by atoms with van der Waals surface area (Å²) in [7, 11) is 1.26. The minimum absolute atomic E-state index is 0.0104. The fourth-order valence-corrected chi connectivity index (χ4v) is 1.67. The molecule has 0 aliphatic heterocycles. The maximum absolute atomic E-state index is 11.9. The number of carboxylic acids is 1. The maximum Gasteiger partial charge on any atom is 0.327 e. The molecule has 0 aromatic rings. The van der Waals surface area contributed by atoms with Gasteiger partial charge in [0, 0.05) is 7.11 Å². The molecule has 0 rings (SSSR count). The molecule has 0 aromatic carbocycles. The van der Waals surface area contributed by atoms with E-state index in [1.54, 1.807) is 13.8 Å². The lowest BCUT2D eigenvalue weighted by molar-refractivity contribution is -0.160. The lowest BCUT2D eigenvalue weighted by atomic mass is 9.96. The highest BCUT2D eigenvalue weighted by Crippen LogP contribution is 2.14. The molecule has 0 aliphatic rings. The van der Waals surface area contributed by atoms with Crippen LogP contribution < -0.4 is 5.32 Å². The summed E-state index contributed by atoms with van der Waals surface area (Å²) < 4.78 is 14.0. The second-order valence-corrected chi connectivity index (χ2v) is 4.18. The fourth-order valence-electron chi connectivity index (χ4n) is 1.67. The molecule has 9 nitrogen and oxygen atoms in total. The number of rotatable bonds is 10. The lowest BCUT2D eigenvalue weighted by Crippen LogP contribution is -2.50. The number of ether oxygens (including phenoxy) is 3. The summed E-state index contributed by atoms with van der Waals surface area (Å²) in [5, 5.41) is 11.3. The molecule has 0 saturated heterocycles. The van der Waals surface area contributed by atoms with Gasteiger partial charge in [0.25, 0.3) is 0 Å². The largest absolute Gasteiger partial charge is 0.480 e. The van der Waals surface area contributed by atoms with Crippen molar-refractivity contribution in [3.8, 4) is 0 Å². The highest BCUT2D eigenvalue weighted by atomic mass is 16.5. The van der Waals surface area contributed by atoms with Gasteiger partial charge in [0.15, 0.2) is 0 Å². The van der Waals surface area contributed by atoms with Gasteiger partial charge in [0.1, 0.15) is 12.6 Å². The van der Waals surface area contributed by atoms with Crippen molar-refractivity contribution in [1.29, 1.82) is 0 Å². The number of esters is 2. The Balaban J connectivity index is 5.18. The third kappa shape index (κ3) is 7.02. The van der Waals surface area contributed by atoms with Gasteiger partial charge in [-0.1, -0.05) is 0 Å². The molecule has 0 heterocycles. The Kier molecular flexibility index (Phi) is 9.51. The predicted octanol–water partition coefficient (Wildman–Crippen LogP) is -0.665. The Labute approximate surface area is 127 Å². The Morgan fingerprint density at radius 1 is 1.09 bits per heavy atom. The lowest BCUT2D eigenvalue weighted by Gasteiger charge is -2.22. The Hall–Kier alpha value is -2.16. The first-order valence-corrected chi connectivity index (χ1v) is 6.70. The van der Waals surface area contributed by atoms with Gasteiger partial charge in [0.2, 0.25) is 5.91 Å². The van der Waals surface area contributed by atoms with E-state index in [4.69, 9.17) is 9.47 Å². The first-order valence-electron chi connectivity index (χ1n) is 6.70. The molecule has 0 saturated carbocycles. The summed E-state index contributed by atoms with van der Waals surface area (Å²) in [5.74, 6) is -5.24. The van der Waals surface area contributed by atoms with E-state index in [2.05, 4.69) is 10.1 Å². The number of nitrogens with one attached hydrogen (secondary N) is 1. The number of aliphatic carboxylic acids is 1. The standard InChI is InChI=1S/C13H21NO8/c1-4-21-10(16)6-8(13(19)22-5-2)11(12(17)18)14-9(15)7-20-3/h8,11H,4-7H2,1-3H3,(H,14,15)(H,17,18)/t8-,11-/m1/s1. The summed E-state index contributed by atoms with van der Waals surface area (Å²) in [4.78, 5) is 46.2. The summed E-state index contributed by atoms with van der Waals surface area (Å²) in [6.07, 6.45) is -0.517. The number of carboxylic acid groups (broad SMARTS) is 1. The fraction of sp³-hybridized carbons (Fsp3) is 0.692. The van der Waals surface area contributed by atoms with Gasteiger partial charge in [-0.15, -0.1) is 0 Å². The normalized spacial score (nSPS) is 12.9. The topological polar surface area (TPSA) is 128 Å². The molecule has 9 heteroatoms. The molecule has 0 aromatic heterocycles. The quantitative estimate of drug-likeness (QED) is 0.508. The average Bonchev–Trinajstić information content (AvgIpc) is 2.43. The van der Waals surface area contributed by atoms with Crippen molar-refractivity contribution in [3.05, 3.63) is 0 Å². The molecule has 2 atom stereocenters. The van der Waals surface area contributed by atoms with Gasteiger partial charge in [-0.3, -0.25) is 14.4 Å². The monoisotopic (exact) mass is 319 g/mol. The number of hydrogen-bond acceptors (Lipinski definition) is 7. The Morgan fingerprint density at radius 3 is 2.14 bits per heavy atom. The first-order chi connectivity index (χ1) is 10.4. The van der Waals surface area contributed by atoms with E-state index in [9.17, 15) is 24.3 Å². The van der Waals surface area contributed by atoms with Crippen molar-refractivity contribution in [3.63, 3.8) is 0 Å².